The van der Waals surface area contributed by atoms with Gasteiger partial charge in [-0.3, -0.25) is 13.9 Å². The Balaban J connectivity index is 1.62. The molecule has 0 spiro atoms. The van der Waals surface area contributed by atoms with Crippen LogP contribution in [0.2, 0.25) is 0 Å². The number of ether oxygens (including phenoxy) is 1. The molecule has 1 atom stereocenters. The van der Waals surface area contributed by atoms with E-state index >= 15 is 0 Å². The molecular weight excluding hydrogens is 580 g/mol. The third kappa shape index (κ3) is 7.85. The summed E-state index contributed by atoms with van der Waals surface area (Å²) in [5.74, 6) is 0.586. The molecule has 242 valence electrons. The van der Waals surface area contributed by atoms with E-state index in [-0.39, 0.29) is 18.1 Å². The fourth-order valence-electron chi connectivity index (χ4n) is 5.62. The van der Waals surface area contributed by atoms with Crippen LogP contribution < -0.4 is 21.5 Å². The Kier molecular flexibility index (Phi) is 9.94. The molecule has 2 aromatic carbocycles. The summed E-state index contributed by atoms with van der Waals surface area (Å²) in [5, 5.41) is 3.01. The molecule has 5 rings (SSSR count). The number of benzene rings is 2. The van der Waals surface area contributed by atoms with Crippen LogP contribution in [0.1, 0.15) is 58.6 Å². The number of carbonyl (C=O) groups excluding carboxylic acids is 1. The topological polar surface area (TPSA) is 103 Å². The highest BCUT2D eigenvalue weighted by Gasteiger charge is 2.29. The van der Waals surface area contributed by atoms with Crippen molar-refractivity contribution in [3.05, 3.63) is 104 Å². The number of hydrogen-bond donors (Lipinski definition) is 1. The van der Waals surface area contributed by atoms with Crippen molar-refractivity contribution >= 4 is 35.5 Å². The van der Waals surface area contributed by atoms with Gasteiger partial charge in [0, 0.05) is 38.4 Å². The van der Waals surface area contributed by atoms with Gasteiger partial charge >= 0.3 is 11.8 Å². The van der Waals surface area contributed by atoms with Crippen molar-refractivity contribution in [3.63, 3.8) is 0 Å². The van der Waals surface area contributed by atoms with Gasteiger partial charge in [0.25, 0.3) is 5.56 Å². The highest BCUT2D eigenvalue weighted by Crippen LogP contribution is 2.25. The first-order valence-electron chi connectivity index (χ1n) is 15.9. The molecule has 10 nitrogen and oxygen atoms in total. The Hall–Kier alpha value is -4.86. The number of amides is 1. The Morgan fingerprint density at radius 2 is 1.72 bits per heavy atom. The van der Waals surface area contributed by atoms with Crippen LogP contribution in [0.3, 0.4) is 0 Å². The molecule has 10 heteroatoms. The van der Waals surface area contributed by atoms with E-state index in [0.29, 0.717) is 43.2 Å². The number of hydrogen-bond acceptors (Lipinski definition) is 6. The summed E-state index contributed by atoms with van der Waals surface area (Å²) in [6.45, 7) is 11.3. The molecule has 0 aliphatic carbocycles. The van der Waals surface area contributed by atoms with Crippen molar-refractivity contribution in [3.8, 4) is 0 Å². The molecule has 1 N–H and O–H groups in total. The van der Waals surface area contributed by atoms with Gasteiger partial charge in [-0.2, -0.15) is 4.98 Å². The van der Waals surface area contributed by atoms with Crippen LogP contribution >= 0.6 is 0 Å². The SMILES string of the molecule is CC(C)=CCn1c(N2CCCC(NC(=O)OC(C)(C)C)C2)nc2c1c(=O)n(CCc1ccccc1)c(=O)n2/C=C/c1ccccc1. The molecular formula is C36H44N6O4. The van der Waals surface area contributed by atoms with Crippen LogP contribution in [0, 0.1) is 0 Å². The van der Waals surface area contributed by atoms with Crippen molar-refractivity contribution in [2.75, 3.05) is 18.0 Å². The number of anilines is 1. The first-order valence-corrected chi connectivity index (χ1v) is 15.9. The summed E-state index contributed by atoms with van der Waals surface area (Å²) in [5.41, 5.74) is 2.30. The Morgan fingerprint density at radius 1 is 1.02 bits per heavy atom. The van der Waals surface area contributed by atoms with E-state index in [4.69, 9.17) is 9.72 Å². The lowest BCUT2D eigenvalue weighted by Gasteiger charge is -2.34. The maximum Gasteiger partial charge on any atom is 0.407 e. The largest absolute Gasteiger partial charge is 0.444 e. The molecule has 46 heavy (non-hydrogen) atoms. The molecule has 3 heterocycles. The molecule has 1 unspecified atom stereocenters. The van der Waals surface area contributed by atoms with Gasteiger partial charge in [0.15, 0.2) is 11.2 Å². The van der Waals surface area contributed by atoms with E-state index in [1.165, 1.54) is 9.13 Å². The van der Waals surface area contributed by atoms with Gasteiger partial charge in [-0.25, -0.2) is 9.59 Å². The van der Waals surface area contributed by atoms with E-state index in [1.807, 2.05) is 112 Å². The van der Waals surface area contributed by atoms with Crippen LogP contribution in [-0.2, 0) is 24.2 Å². The average molecular weight is 625 g/mol. The Labute approximate surface area is 269 Å². The van der Waals surface area contributed by atoms with Gasteiger partial charge in [-0.1, -0.05) is 72.3 Å². The Morgan fingerprint density at radius 3 is 2.39 bits per heavy atom. The van der Waals surface area contributed by atoms with Crippen molar-refractivity contribution in [2.45, 2.75) is 78.6 Å². The highest BCUT2D eigenvalue weighted by molar-refractivity contribution is 5.78. The number of allylic oxidation sites excluding steroid dienone is 2. The second kappa shape index (κ2) is 14.1. The average Bonchev–Trinajstić information content (AvgIpc) is 3.39. The molecule has 0 radical (unpaired) electrons. The van der Waals surface area contributed by atoms with Crippen LogP contribution in [0.5, 0.6) is 0 Å². The predicted molar refractivity (Wildman–Crippen MR) is 184 cm³/mol. The first kappa shape index (κ1) is 32.5. The number of carbonyl (C=O) groups is 1. The van der Waals surface area contributed by atoms with Gasteiger partial charge in [-0.15, -0.1) is 0 Å². The fraction of sp³-hybridized carbons (Fsp3) is 0.389. The molecule has 1 amide bonds. The third-order valence-corrected chi connectivity index (χ3v) is 7.83. The number of rotatable bonds is 9. The zero-order chi connectivity index (χ0) is 32.8. The highest BCUT2D eigenvalue weighted by atomic mass is 16.6. The summed E-state index contributed by atoms with van der Waals surface area (Å²) in [7, 11) is 0. The maximum absolute atomic E-state index is 14.3. The number of alkyl carbamates (subject to hydrolysis) is 1. The standard InChI is InChI=1S/C36H44N6O4/c1-26(2)18-22-40-30-31(38-33(40)39-21-12-17-29(25-39)37-34(44)46-36(3,4)5)41(23-19-27-13-8-6-9-14-27)35(45)42(32(30)43)24-20-28-15-10-7-11-16-28/h6-11,13-16,18-19,23,29H,12,17,20-22,24-25H2,1-5H3,(H,37,44)/b23-19+. The number of aromatic nitrogens is 4. The number of nitrogens with zero attached hydrogens (tertiary/aromatic N) is 5. The van der Waals surface area contributed by atoms with E-state index < -0.39 is 17.4 Å². The molecule has 2 aromatic heterocycles. The summed E-state index contributed by atoms with van der Waals surface area (Å²) >= 11 is 0. The summed E-state index contributed by atoms with van der Waals surface area (Å²) in [4.78, 5) is 48.0. The first-order chi connectivity index (χ1) is 22.0. The fourth-order valence-corrected chi connectivity index (χ4v) is 5.62. The quantitative estimate of drug-likeness (QED) is 0.240. The minimum Gasteiger partial charge on any atom is -0.444 e. The van der Waals surface area contributed by atoms with Gasteiger partial charge in [0.1, 0.15) is 5.60 Å². The molecule has 1 aliphatic heterocycles. The van der Waals surface area contributed by atoms with E-state index in [2.05, 4.69) is 10.2 Å². The minimum absolute atomic E-state index is 0.164. The van der Waals surface area contributed by atoms with Crippen molar-refractivity contribution in [2.24, 2.45) is 0 Å². The number of aryl methyl sites for hydroxylation is 1. The van der Waals surface area contributed by atoms with E-state index in [1.54, 1.807) is 6.20 Å². The molecule has 4 aromatic rings. The lowest BCUT2D eigenvalue weighted by Crippen LogP contribution is -2.49. The zero-order valence-electron chi connectivity index (χ0n) is 27.4. The van der Waals surface area contributed by atoms with Crippen molar-refractivity contribution in [1.82, 2.24) is 24.0 Å². The maximum atomic E-state index is 14.3. The normalized spacial score (nSPS) is 15.3. The van der Waals surface area contributed by atoms with Crippen molar-refractivity contribution in [1.29, 1.82) is 0 Å². The Bertz CT molecular complexity index is 1840. The third-order valence-electron chi connectivity index (χ3n) is 7.83. The zero-order valence-corrected chi connectivity index (χ0v) is 27.4. The van der Waals surface area contributed by atoms with E-state index in [9.17, 15) is 14.4 Å². The van der Waals surface area contributed by atoms with Gasteiger partial charge < -0.3 is 19.5 Å². The number of imidazole rings is 1. The smallest absolute Gasteiger partial charge is 0.407 e. The van der Waals surface area contributed by atoms with E-state index in [0.717, 1.165) is 29.5 Å². The summed E-state index contributed by atoms with van der Waals surface area (Å²) in [6, 6.07) is 19.4. The minimum atomic E-state index is -0.603. The van der Waals surface area contributed by atoms with Crippen LogP contribution in [0.25, 0.3) is 23.4 Å². The second-order valence-electron chi connectivity index (χ2n) is 13.0. The predicted octanol–water partition coefficient (Wildman–Crippen LogP) is 5.69. The lowest BCUT2D eigenvalue weighted by atomic mass is 10.1. The molecule has 1 fully saturated rings. The summed E-state index contributed by atoms with van der Waals surface area (Å²) in [6.07, 6.45) is 7.28. The monoisotopic (exact) mass is 624 g/mol. The van der Waals surface area contributed by atoms with Gasteiger partial charge in [0.2, 0.25) is 5.95 Å². The molecule has 0 bridgehead atoms. The summed E-state index contributed by atoms with van der Waals surface area (Å²) < 4.78 is 10.2. The van der Waals surface area contributed by atoms with Crippen LogP contribution in [0.15, 0.2) is 81.9 Å². The van der Waals surface area contributed by atoms with Crippen LogP contribution in [0.4, 0.5) is 10.7 Å². The van der Waals surface area contributed by atoms with Gasteiger partial charge in [0.05, 0.1) is 0 Å². The van der Waals surface area contributed by atoms with Crippen LogP contribution in [-0.4, -0.2) is 49.5 Å². The van der Waals surface area contributed by atoms with Crippen molar-refractivity contribution < 1.29 is 9.53 Å². The number of fused-ring (bicyclic) bond motifs is 1. The lowest BCUT2D eigenvalue weighted by molar-refractivity contribution is 0.0499. The number of nitrogens with one attached hydrogen (secondary N) is 1. The van der Waals surface area contributed by atoms with Gasteiger partial charge in [-0.05, 0) is 71.1 Å². The number of piperidine rings is 1. The molecule has 0 saturated carbocycles. The molecule has 1 aliphatic rings. The molecule has 1 saturated heterocycles. The second-order valence-corrected chi connectivity index (χ2v) is 13.0.